The first-order valence-electron chi connectivity index (χ1n) is 6.59. The van der Waals surface area contributed by atoms with Gasteiger partial charge in [0.25, 0.3) is 0 Å². The van der Waals surface area contributed by atoms with E-state index in [1.54, 1.807) is 6.07 Å². The molecule has 0 aliphatic rings. The number of benzene rings is 2. The summed E-state index contributed by atoms with van der Waals surface area (Å²) >= 11 is 6.01. The normalized spacial score (nSPS) is 10.7. The van der Waals surface area contributed by atoms with Crippen molar-refractivity contribution in [3.8, 4) is 0 Å². The largest absolute Gasteiger partial charge is 0.457 e. The summed E-state index contributed by atoms with van der Waals surface area (Å²) in [4.78, 5) is 11.8. The molecule has 3 rings (SSSR count). The summed E-state index contributed by atoms with van der Waals surface area (Å²) in [6, 6.07) is 16.8. The minimum atomic E-state index is -0.330. The fraction of sp³-hybridized carbons (Fsp3) is 0.118. The lowest BCUT2D eigenvalue weighted by Gasteiger charge is -2.04. The van der Waals surface area contributed by atoms with Gasteiger partial charge in [0.1, 0.15) is 18.0 Å². The summed E-state index contributed by atoms with van der Waals surface area (Å²) in [5.74, 6) is 0.298. The highest BCUT2D eigenvalue weighted by atomic mass is 35.5. The van der Waals surface area contributed by atoms with E-state index < -0.39 is 0 Å². The molecule has 1 aromatic heterocycles. The van der Waals surface area contributed by atoms with Gasteiger partial charge in [0, 0.05) is 10.4 Å². The molecule has 0 spiro atoms. The number of ether oxygens (including phenoxy) is 1. The second kappa shape index (κ2) is 6.02. The Balaban J connectivity index is 1.62. The maximum Gasteiger partial charge on any atom is 0.310 e. The first-order valence-corrected chi connectivity index (χ1v) is 6.96. The lowest BCUT2D eigenvalue weighted by atomic mass is 10.1. The predicted molar refractivity (Wildman–Crippen MR) is 81.2 cm³/mol. The Labute approximate surface area is 127 Å². The second-order valence-electron chi connectivity index (χ2n) is 4.68. The third-order valence-corrected chi connectivity index (χ3v) is 3.51. The van der Waals surface area contributed by atoms with Crippen molar-refractivity contribution in [3.63, 3.8) is 0 Å². The van der Waals surface area contributed by atoms with Crippen molar-refractivity contribution in [3.05, 3.63) is 70.9 Å². The van der Waals surface area contributed by atoms with E-state index in [4.69, 9.17) is 20.8 Å². The Kier molecular flexibility index (Phi) is 3.93. The van der Waals surface area contributed by atoms with Gasteiger partial charge in [-0.3, -0.25) is 4.79 Å². The van der Waals surface area contributed by atoms with Crippen LogP contribution in [-0.2, 0) is 22.6 Å². The Morgan fingerprint density at radius 2 is 1.86 bits per heavy atom. The summed E-state index contributed by atoms with van der Waals surface area (Å²) in [7, 11) is 0. The average Bonchev–Trinajstić information content (AvgIpc) is 2.90. The molecule has 0 saturated carbocycles. The zero-order valence-corrected chi connectivity index (χ0v) is 12.0. The SMILES string of the molecule is O=C(Cc1ccccc1Cl)OCc1cc2ccccc2o1. The molecule has 0 saturated heterocycles. The maximum absolute atomic E-state index is 11.8. The number of carbonyl (C=O) groups is 1. The number of furan rings is 1. The van der Waals surface area contributed by atoms with E-state index in [0.29, 0.717) is 10.8 Å². The van der Waals surface area contributed by atoms with Crippen LogP contribution in [0.5, 0.6) is 0 Å². The molecule has 106 valence electrons. The number of halogens is 1. The zero-order valence-electron chi connectivity index (χ0n) is 11.2. The molecule has 3 nitrogen and oxygen atoms in total. The molecule has 1 heterocycles. The molecule has 0 aliphatic heterocycles. The van der Waals surface area contributed by atoms with E-state index >= 15 is 0 Å². The fourth-order valence-electron chi connectivity index (χ4n) is 2.11. The van der Waals surface area contributed by atoms with Crippen molar-refractivity contribution in [2.45, 2.75) is 13.0 Å². The zero-order chi connectivity index (χ0) is 14.7. The van der Waals surface area contributed by atoms with Gasteiger partial charge in [-0.1, -0.05) is 48.0 Å². The first kappa shape index (κ1) is 13.7. The molecule has 0 atom stereocenters. The molecule has 21 heavy (non-hydrogen) atoms. The first-order chi connectivity index (χ1) is 10.2. The van der Waals surface area contributed by atoms with Crippen LogP contribution in [0.1, 0.15) is 11.3 Å². The van der Waals surface area contributed by atoms with E-state index in [2.05, 4.69) is 0 Å². The van der Waals surface area contributed by atoms with Gasteiger partial charge in [0.05, 0.1) is 6.42 Å². The second-order valence-corrected chi connectivity index (χ2v) is 5.09. The average molecular weight is 301 g/mol. The highest BCUT2D eigenvalue weighted by Crippen LogP contribution is 2.20. The molecule has 0 unspecified atom stereocenters. The van der Waals surface area contributed by atoms with Gasteiger partial charge in [-0.15, -0.1) is 0 Å². The summed E-state index contributed by atoms with van der Waals surface area (Å²) in [6.45, 7) is 0.123. The van der Waals surface area contributed by atoms with Gasteiger partial charge in [-0.2, -0.15) is 0 Å². The number of hydrogen-bond donors (Lipinski definition) is 0. The predicted octanol–water partition coefficient (Wildman–Crippen LogP) is 4.37. The summed E-state index contributed by atoms with van der Waals surface area (Å²) in [5.41, 5.74) is 1.54. The van der Waals surface area contributed by atoms with Crippen molar-refractivity contribution < 1.29 is 13.9 Å². The van der Waals surface area contributed by atoms with Crippen LogP contribution in [0.25, 0.3) is 11.0 Å². The summed E-state index contributed by atoms with van der Waals surface area (Å²) < 4.78 is 10.8. The smallest absolute Gasteiger partial charge is 0.310 e. The Hall–Kier alpha value is -2.26. The minimum Gasteiger partial charge on any atom is -0.457 e. The lowest BCUT2D eigenvalue weighted by Crippen LogP contribution is -2.08. The molecular formula is C17H13ClO3. The number of esters is 1. The van der Waals surface area contributed by atoms with Crippen LogP contribution in [0.3, 0.4) is 0 Å². The summed E-state index contributed by atoms with van der Waals surface area (Å²) in [6.07, 6.45) is 0.153. The molecule has 0 radical (unpaired) electrons. The quantitative estimate of drug-likeness (QED) is 0.672. The van der Waals surface area contributed by atoms with Crippen LogP contribution in [0.4, 0.5) is 0 Å². The molecule has 0 aliphatic carbocycles. The number of rotatable bonds is 4. The van der Waals surface area contributed by atoms with Gasteiger partial charge in [-0.25, -0.2) is 0 Å². The topological polar surface area (TPSA) is 39.4 Å². The van der Waals surface area contributed by atoms with E-state index in [1.807, 2.05) is 48.5 Å². The van der Waals surface area contributed by atoms with E-state index in [9.17, 15) is 4.79 Å². The number of fused-ring (bicyclic) bond motifs is 1. The number of hydrogen-bond acceptors (Lipinski definition) is 3. The van der Waals surface area contributed by atoms with Crippen molar-refractivity contribution in [1.82, 2.24) is 0 Å². The molecule has 0 amide bonds. The third kappa shape index (κ3) is 3.26. The van der Waals surface area contributed by atoms with Crippen LogP contribution < -0.4 is 0 Å². The number of carbonyl (C=O) groups excluding carboxylic acids is 1. The summed E-state index contributed by atoms with van der Waals surface area (Å²) in [5, 5.41) is 1.56. The van der Waals surface area contributed by atoms with Crippen LogP contribution >= 0.6 is 11.6 Å². The monoisotopic (exact) mass is 300 g/mol. The molecule has 2 aromatic carbocycles. The standard InChI is InChI=1S/C17H13ClO3/c18-15-7-3-1-5-12(15)10-17(19)20-11-14-9-13-6-2-4-8-16(13)21-14/h1-9H,10-11H2. The maximum atomic E-state index is 11.8. The van der Waals surface area contributed by atoms with E-state index in [1.165, 1.54) is 0 Å². The van der Waals surface area contributed by atoms with Crippen LogP contribution in [-0.4, -0.2) is 5.97 Å². The Morgan fingerprint density at radius 3 is 2.67 bits per heavy atom. The fourth-order valence-corrected chi connectivity index (χ4v) is 2.31. The van der Waals surface area contributed by atoms with Gasteiger partial charge >= 0.3 is 5.97 Å². The molecule has 4 heteroatoms. The van der Waals surface area contributed by atoms with Crippen LogP contribution in [0, 0.1) is 0 Å². The van der Waals surface area contributed by atoms with Crippen molar-refractivity contribution >= 4 is 28.5 Å². The van der Waals surface area contributed by atoms with Crippen molar-refractivity contribution in [2.75, 3.05) is 0 Å². The van der Waals surface area contributed by atoms with Gasteiger partial charge in [0.2, 0.25) is 0 Å². The Bertz CT molecular complexity index is 743. The molecule has 3 aromatic rings. The van der Waals surface area contributed by atoms with Crippen molar-refractivity contribution in [1.29, 1.82) is 0 Å². The minimum absolute atomic E-state index is 0.123. The molecular weight excluding hydrogens is 288 g/mol. The highest BCUT2D eigenvalue weighted by molar-refractivity contribution is 6.31. The highest BCUT2D eigenvalue weighted by Gasteiger charge is 2.10. The van der Waals surface area contributed by atoms with Gasteiger partial charge < -0.3 is 9.15 Å². The van der Waals surface area contributed by atoms with Crippen LogP contribution in [0.2, 0.25) is 5.02 Å². The Morgan fingerprint density at radius 1 is 1.10 bits per heavy atom. The molecule has 0 fully saturated rings. The van der Waals surface area contributed by atoms with Crippen LogP contribution in [0.15, 0.2) is 59.0 Å². The van der Waals surface area contributed by atoms with E-state index in [0.717, 1.165) is 16.5 Å². The number of para-hydroxylation sites is 1. The van der Waals surface area contributed by atoms with Gasteiger partial charge in [0.15, 0.2) is 0 Å². The lowest BCUT2D eigenvalue weighted by molar-refractivity contribution is -0.144. The molecule has 0 bridgehead atoms. The van der Waals surface area contributed by atoms with Crippen molar-refractivity contribution in [2.24, 2.45) is 0 Å². The molecule has 0 N–H and O–H groups in total. The third-order valence-electron chi connectivity index (χ3n) is 3.14. The van der Waals surface area contributed by atoms with Gasteiger partial charge in [-0.05, 0) is 23.8 Å². The van der Waals surface area contributed by atoms with E-state index in [-0.39, 0.29) is 19.0 Å².